The van der Waals surface area contributed by atoms with Crippen LogP contribution in [0.25, 0.3) is 44.2 Å². The molecule has 168 valence electrons. The number of hydrogen-bond acceptors (Lipinski definition) is 4. The first-order valence-corrected chi connectivity index (χ1v) is 10.5. The van der Waals surface area contributed by atoms with Crippen LogP contribution in [0.2, 0.25) is 0 Å². The Balaban J connectivity index is 1.73. The molecular formula is C30H20N2O3. The van der Waals surface area contributed by atoms with Gasteiger partial charge in [-0.05, 0) is 23.3 Å². The van der Waals surface area contributed by atoms with Crippen molar-refractivity contribution in [3.8, 4) is 22.3 Å². The molecular weight excluding hydrogens is 436 g/mol. The number of rotatable bonds is 5. The summed E-state index contributed by atoms with van der Waals surface area (Å²) in [7, 11) is 0. The second-order valence-electron chi connectivity index (χ2n) is 7.57. The molecule has 1 N–H and O–H groups in total. The van der Waals surface area contributed by atoms with Crippen molar-refractivity contribution in [1.29, 1.82) is 0 Å². The standard InChI is InChI=1S/C30H20N2O3/c33-32(34)27-19-29-25(24-14-7-8-17-28(24)35-29)18-26(27)31-30-22(20-10-3-1-4-11-20)15-9-16-23(30)21-12-5-2-6-13-21/h1-19,31H/i1D,2D,3D,4D,5D,6D,10D,11D,12D,13D. The first-order chi connectivity index (χ1) is 21.3. The van der Waals surface area contributed by atoms with Gasteiger partial charge in [0, 0.05) is 21.9 Å². The lowest BCUT2D eigenvalue weighted by molar-refractivity contribution is -0.383. The minimum Gasteiger partial charge on any atom is -0.456 e. The summed E-state index contributed by atoms with van der Waals surface area (Å²) in [5.41, 5.74) is -0.394. The van der Waals surface area contributed by atoms with Gasteiger partial charge in [-0.15, -0.1) is 0 Å². The van der Waals surface area contributed by atoms with Crippen molar-refractivity contribution < 1.29 is 23.0 Å². The summed E-state index contributed by atoms with van der Waals surface area (Å²) in [5.74, 6) is 0. The molecule has 0 saturated heterocycles. The molecule has 5 heteroatoms. The Morgan fingerprint density at radius 3 is 2.00 bits per heavy atom. The predicted octanol–water partition coefficient (Wildman–Crippen LogP) is 8.57. The van der Waals surface area contributed by atoms with Gasteiger partial charge in [-0.3, -0.25) is 10.1 Å². The average molecular weight is 467 g/mol. The molecule has 1 aromatic heterocycles. The molecule has 0 aliphatic heterocycles. The summed E-state index contributed by atoms with van der Waals surface area (Å²) < 4.78 is 89.2. The van der Waals surface area contributed by atoms with E-state index in [1.807, 2.05) is 0 Å². The Hall–Kier alpha value is -4.90. The van der Waals surface area contributed by atoms with Gasteiger partial charge < -0.3 is 9.73 Å². The van der Waals surface area contributed by atoms with Gasteiger partial charge in [-0.1, -0.05) is 96.8 Å². The lowest BCUT2D eigenvalue weighted by Gasteiger charge is -2.18. The summed E-state index contributed by atoms with van der Waals surface area (Å²) in [6.45, 7) is 0. The molecule has 5 nitrogen and oxygen atoms in total. The van der Waals surface area contributed by atoms with Crippen LogP contribution in [0, 0.1) is 10.1 Å². The molecule has 5 aromatic carbocycles. The molecule has 0 unspecified atom stereocenters. The Labute approximate surface area is 215 Å². The molecule has 6 rings (SSSR count). The monoisotopic (exact) mass is 466 g/mol. The van der Waals surface area contributed by atoms with Crippen LogP contribution in [0.5, 0.6) is 0 Å². The number of nitrogens with one attached hydrogen (secondary N) is 1. The lowest BCUT2D eigenvalue weighted by Crippen LogP contribution is -2.00. The van der Waals surface area contributed by atoms with Gasteiger partial charge >= 0.3 is 0 Å². The molecule has 0 amide bonds. The van der Waals surface area contributed by atoms with Crippen LogP contribution >= 0.6 is 0 Å². The predicted molar refractivity (Wildman–Crippen MR) is 141 cm³/mol. The smallest absolute Gasteiger partial charge is 0.296 e. The maximum atomic E-state index is 12.3. The second-order valence-corrected chi connectivity index (χ2v) is 7.57. The first kappa shape index (κ1) is 12.5. The van der Waals surface area contributed by atoms with Gasteiger partial charge in [-0.2, -0.15) is 0 Å². The average Bonchev–Trinajstić information content (AvgIpc) is 3.39. The molecule has 0 fully saturated rings. The van der Waals surface area contributed by atoms with Crippen molar-refractivity contribution in [3.63, 3.8) is 0 Å². The SMILES string of the molecule is [2H]c1c([2H])c([2H])c(-c2cccc(-c3c([2H])c([2H])c([2H])c([2H])c3[2H])c2Nc2cc3c(cc2[N+](=O)[O-])oc2ccccc23)c([2H])c1[2H]. The van der Waals surface area contributed by atoms with Gasteiger partial charge in [0.1, 0.15) is 16.9 Å². The Bertz CT molecular complexity index is 2100. The topological polar surface area (TPSA) is 68.3 Å². The van der Waals surface area contributed by atoms with Gasteiger partial charge in [0.2, 0.25) is 0 Å². The zero-order valence-corrected chi connectivity index (χ0v) is 17.9. The fraction of sp³-hybridized carbons (Fsp3) is 0. The third kappa shape index (κ3) is 3.69. The maximum absolute atomic E-state index is 12.3. The molecule has 0 aliphatic rings. The number of furan rings is 1. The number of nitro groups is 1. The van der Waals surface area contributed by atoms with E-state index in [2.05, 4.69) is 5.32 Å². The summed E-state index contributed by atoms with van der Waals surface area (Å²) in [4.78, 5) is 11.7. The molecule has 0 radical (unpaired) electrons. The molecule has 35 heavy (non-hydrogen) atoms. The third-order valence-corrected chi connectivity index (χ3v) is 5.55. The van der Waals surface area contributed by atoms with E-state index in [9.17, 15) is 10.1 Å². The highest BCUT2D eigenvalue weighted by Gasteiger charge is 2.21. The zero-order chi connectivity index (χ0) is 32.5. The maximum Gasteiger partial charge on any atom is 0.296 e. The number of nitro benzene ring substituents is 1. The van der Waals surface area contributed by atoms with E-state index >= 15 is 0 Å². The van der Waals surface area contributed by atoms with Crippen LogP contribution in [0.1, 0.15) is 13.7 Å². The van der Waals surface area contributed by atoms with E-state index in [1.54, 1.807) is 24.3 Å². The van der Waals surface area contributed by atoms with E-state index < -0.39 is 71.0 Å². The highest BCUT2D eigenvalue weighted by Crippen LogP contribution is 2.42. The fourth-order valence-corrected chi connectivity index (χ4v) is 4.02. The van der Waals surface area contributed by atoms with Crippen molar-refractivity contribution >= 4 is 39.0 Å². The zero-order valence-electron chi connectivity index (χ0n) is 27.9. The summed E-state index contributed by atoms with van der Waals surface area (Å²) in [6, 6.07) is 8.01. The van der Waals surface area contributed by atoms with Crippen LogP contribution < -0.4 is 5.32 Å². The van der Waals surface area contributed by atoms with Crippen molar-refractivity contribution in [1.82, 2.24) is 0 Å². The van der Waals surface area contributed by atoms with Crippen molar-refractivity contribution in [2.24, 2.45) is 0 Å². The molecule has 0 spiro atoms. The number of fused-ring (bicyclic) bond motifs is 3. The number of benzene rings is 5. The lowest BCUT2D eigenvalue weighted by atomic mass is 9.95. The van der Waals surface area contributed by atoms with Gasteiger partial charge in [0.15, 0.2) is 0 Å². The quantitative estimate of drug-likeness (QED) is 0.204. The fourth-order valence-electron chi connectivity index (χ4n) is 4.02. The highest BCUT2D eigenvalue weighted by atomic mass is 16.6. The number of hydrogen-bond donors (Lipinski definition) is 1. The van der Waals surface area contributed by atoms with Crippen LogP contribution in [0.15, 0.2) is 119 Å². The van der Waals surface area contributed by atoms with Crippen molar-refractivity contribution in [2.45, 2.75) is 0 Å². The molecule has 0 bridgehead atoms. The third-order valence-electron chi connectivity index (χ3n) is 5.55. The number of para-hydroxylation sites is 2. The Morgan fingerprint density at radius 2 is 1.37 bits per heavy atom. The highest BCUT2D eigenvalue weighted by molar-refractivity contribution is 6.08. The number of anilines is 2. The molecule has 0 saturated carbocycles. The Kier molecular flexibility index (Phi) is 3.03. The second kappa shape index (κ2) is 8.47. The molecule has 1 heterocycles. The molecule has 0 atom stereocenters. The van der Waals surface area contributed by atoms with Crippen LogP contribution in [-0.4, -0.2) is 4.92 Å². The molecule has 0 aliphatic carbocycles. The normalized spacial score (nSPS) is 15.1. The summed E-state index contributed by atoms with van der Waals surface area (Å²) >= 11 is 0. The van der Waals surface area contributed by atoms with Gasteiger partial charge in [0.25, 0.3) is 5.69 Å². The summed E-state index contributed by atoms with van der Waals surface area (Å²) in [6.07, 6.45) is 0. The van der Waals surface area contributed by atoms with E-state index in [4.69, 9.17) is 18.1 Å². The van der Waals surface area contributed by atoms with Gasteiger partial charge in [-0.25, -0.2) is 0 Å². The van der Waals surface area contributed by atoms with E-state index in [0.29, 0.717) is 16.4 Å². The van der Waals surface area contributed by atoms with Gasteiger partial charge in [0.05, 0.1) is 30.4 Å². The molecule has 6 aromatic rings. The van der Waals surface area contributed by atoms with E-state index in [-0.39, 0.29) is 39.2 Å². The minimum atomic E-state index is -0.647. The minimum absolute atomic E-state index is 0.0113. The largest absolute Gasteiger partial charge is 0.456 e. The Morgan fingerprint density at radius 1 is 0.743 bits per heavy atom. The summed E-state index contributed by atoms with van der Waals surface area (Å²) in [5, 5.41) is 16.5. The van der Waals surface area contributed by atoms with E-state index in [1.165, 1.54) is 30.3 Å². The van der Waals surface area contributed by atoms with Crippen LogP contribution in [-0.2, 0) is 0 Å². The van der Waals surface area contributed by atoms with E-state index in [0.717, 1.165) is 0 Å². The number of nitrogens with zero attached hydrogens (tertiary/aromatic N) is 1. The first-order valence-electron chi connectivity index (χ1n) is 15.5. The van der Waals surface area contributed by atoms with Crippen molar-refractivity contribution in [2.75, 3.05) is 5.32 Å². The van der Waals surface area contributed by atoms with Crippen LogP contribution in [0.3, 0.4) is 0 Å². The van der Waals surface area contributed by atoms with Crippen molar-refractivity contribution in [3.05, 3.63) is 125 Å². The van der Waals surface area contributed by atoms with Crippen LogP contribution in [0.4, 0.5) is 17.1 Å².